The topological polar surface area (TPSA) is 67.9 Å². The van der Waals surface area contributed by atoms with E-state index in [1.165, 1.54) is 6.07 Å². The highest BCUT2D eigenvalue weighted by Gasteiger charge is 2.44. The van der Waals surface area contributed by atoms with E-state index in [1.54, 1.807) is 24.8 Å². The van der Waals surface area contributed by atoms with E-state index < -0.39 is 17.3 Å². The number of aromatic nitrogens is 1. The van der Waals surface area contributed by atoms with Crippen molar-refractivity contribution in [3.05, 3.63) is 52.4 Å². The number of amides is 1. The van der Waals surface area contributed by atoms with E-state index in [2.05, 4.69) is 10.3 Å². The van der Waals surface area contributed by atoms with Crippen molar-refractivity contribution >= 4 is 11.6 Å². The molecule has 154 valence electrons. The Morgan fingerprint density at radius 1 is 1.21 bits per heavy atom. The van der Waals surface area contributed by atoms with Gasteiger partial charge >= 0.3 is 6.18 Å². The highest BCUT2D eigenvalue weighted by Crippen LogP contribution is 2.37. The Kier molecular flexibility index (Phi) is 4.63. The van der Waals surface area contributed by atoms with Crippen molar-refractivity contribution in [1.82, 2.24) is 10.1 Å². The van der Waals surface area contributed by atoms with Gasteiger partial charge in [0.25, 0.3) is 5.91 Å². The standard InChI is InChI=1S/C20H20F3N3O3/c1-12-17(13(2)28-24-12)18(27)26-8-6-19(7-9-26)11-16(25-29-19)14-4-3-5-15(10-14)20(21,22)23/h3-5,10H,6-9,11H2,1-2H3. The van der Waals surface area contributed by atoms with Crippen LogP contribution in [0.4, 0.5) is 13.2 Å². The van der Waals surface area contributed by atoms with Crippen molar-refractivity contribution in [2.75, 3.05) is 13.1 Å². The zero-order valence-electron chi connectivity index (χ0n) is 16.0. The molecule has 0 bridgehead atoms. The van der Waals surface area contributed by atoms with Gasteiger partial charge in [-0.25, -0.2) is 0 Å². The molecular weight excluding hydrogens is 387 g/mol. The van der Waals surface area contributed by atoms with Crippen molar-refractivity contribution < 1.29 is 27.3 Å². The first-order valence-corrected chi connectivity index (χ1v) is 9.33. The molecule has 2 aromatic rings. The smallest absolute Gasteiger partial charge is 0.388 e. The van der Waals surface area contributed by atoms with Crippen LogP contribution in [0, 0.1) is 13.8 Å². The van der Waals surface area contributed by atoms with Crippen LogP contribution in [0.25, 0.3) is 0 Å². The molecular formula is C20H20F3N3O3. The number of alkyl halides is 3. The Bertz CT molecular complexity index is 953. The molecule has 1 aromatic heterocycles. The SMILES string of the molecule is Cc1noc(C)c1C(=O)N1CCC2(CC1)CC(c1cccc(C(F)(F)F)c1)=NO2. The summed E-state index contributed by atoms with van der Waals surface area (Å²) in [6, 6.07) is 5.11. The minimum Gasteiger partial charge on any atom is -0.388 e. The summed E-state index contributed by atoms with van der Waals surface area (Å²) in [5, 5.41) is 7.90. The lowest BCUT2D eigenvalue weighted by molar-refractivity contribution is -0.137. The summed E-state index contributed by atoms with van der Waals surface area (Å²) in [7, 11) is 0. The number of carbonyl (C=O) groups excluding carboxylic acids is 1. The maximum Gasteiger partial charge on any atom is 0.416 e. The highest BCUT2D eigenvalue weighted by molar-refractivity contribution is 6.02. The van der Waals surface area contributed by atoms with E-state index in [0.29, 0.717) is 60.6 Å². The predicted molar refractivity (Wildman–Crippen MR) is 97.5 cm³/mol. The number of oxime groups is 1. The predicted octanol–water partition coefficient (Wildman–Crippen LogP) is 4.11. The van der Waals surface area contributed by atoms with Gasteiger partial charge in [-0.05, 0) is 26.0 Å². The molecule has 0 unspecified atom stereocenters. The van der Waals surface area contributed by atoms with Gasteiger partial charge in [-0.3, -0.25) is 4.79 Å². The molecule has 0 radical (unpaired) electrons. The second kappa shape index (κ2) is 6.89. The number of hydrogen-bond donors (Lipinski definition) is 0. The van der Waals surface area contributed by atoms with Crippen LogP contribution in [0.5, 0.6) is 0 Å². The minimum atomic E-state index is -4.41. The number of benzene rings is 1. The number of rotatable bonds is 2. The normalized spacial score (nSPS) is 18.7. The summed E-state index contributed by atoms with van der Waals surface area (Å²) in [5.74, 6) is 0.355. The van der Waals surface area contributed by atoms with Gasteiger partial charge in [0.05, 0.1) is 17.0 Å². The van der Waals surface area contributed by atoms with Gasteiger partial charge in [-0.15, -0.1) is 0 Å². The van der Waals surface area contributed by atoms with Gasteiger partial charge in [-0.2, -0.15) is 13.2 Å². The number of likely N-dealkylation sites (tertiary alicyclic amines) is 1. The third-order valence-corrected chi connectivity index (χ3v) is 5.57. The number of piperidine rings is 1. The van der Waals surface area contributed by atoms with Crippen molar-refractivity contribution in [2.24, 2.45) is 5.16 Å². The molecule has 29 heavy (non-hydrogen) atoms. The lowest BCUT2D eigenvalue weighted by Crippen LogP contribution is -2.47. The maximum atomic E-state index is 13.0. The van der Waals surface area contributed by atoms with E-state index in [0.717, 1.165) is 12.1 Å². The van der Waals surface area contributed by atoms with Crippen LogP contribution >= 0.6 is 0 Å². The van der Waals surface area contributed by atoms with Gasteiger partial charge in [0.2, 0.25) is 0 Å². The number of halogens is 3. The fourth-order valence-electron chi connectivity index (χ4n) is 3.88. The first-order chi connectivity index (χ1) is 13.7. The minimum absolute atomic E-state index is 0.131. The Morgan fingerprint density at radius 2 is 1.93 bits per heavy atom. The molecule has 1 amide bonds. The zero-order valence-corrected chi connectivity index (χ0v) is 16.0. The molecule has 1 aromatic carbocycles. The molecule has 2 aliphatic rings. The van der Waals surface area contributed by atoms with Crippen LogP contribution in [0.3, 0.4) is 0 Å². The van der Waals surface area contributed by atoms with Crippen molar-refractivity contribution in [2.45, 2.75) is 44.9 Å². The number of nitrogens with zero attached hydrogens (tertiary/aromatic N) is 3. The molecule has 1 spiro atoms. The van der Waals surface area contributed by atoms with E-state index in [1.807, 2.05) is 0 Å². The van der Waals surface area contributed by atoms with Gasteiger partial charge in [0.1, 0.15) is 16.9 Å². The van der Waals surface area contributed by atoms with Crippen LogP contribution in [0.15, 0.2) is 33.9 Å². The second-order valence-electron chi connectivity index (χ2n) is 7.56. The van der Waals surface area contributed by atoms with Gasteiger partial charge < -0.3 is 14.3 Å². The fourth-order valence-corrected chi connectivity index (χ4v) is 3.88. The molecule has 9 heteroatoms. The molecule has 0 atom stereocenters. The molecule has 1 saturated heterocycles. The Morgan fingerprint density at radius 3 is 2.55 bits per heavy atom. The summed E-state index contributed by atoms with van der Waals surface area (Å²) in [4.78, 5) is 20.2. The van der Waals surface area contributed by atoms with E-state index in [9.17, 15) is 18.0 Å². The molecule has 2 aliphatic heterocycles. The largest absolute Gasteiger partial charge is 0.416 e. The fraction of sp³-hybridized carbons (Fsp3) is 0.450. The zero-order chi connectivity index (χ0) is 20.8. The first-order valence-electron chi connectivity index (χ1n) is 9.33. The van der Waals surface area contributed by atoms with Crippen LogP contribution in [-0.2, 0) is 11.0 Å². The van der Waals surface area contributed by atoms with E-state index in [-0.39, 0.29) is 5.91 Å². The molecule has 1 fully saturated rings. The number of hydrogen-bond acceptors (Lipinski definition) is 5. The molecule has 0 aliphatic carbocycles. The third kappa shape index (κ3) is 3.61. The first kappa shape index (κ1) is 19.5. The molecule has 3 heterocycles. The van der Waals surface area contributed by atoms with E-state index >= 15 is 0 Å². The molecule has 6 nitrogen and oxygen atoms in total. The molecule has 0 N–H and O–H groups in total. The third-order valence-electron chi connectivity index (χ3n) is 5.57. The van der Waals surface area contributed by atoms with Crippen molar-refractivity contribution in [3.8, 4) is 0 Å². The maximum absolute atomic E-state index is 13.0. The summed E-state index contributed by atoms with van der Waals surface area (Å²) in [5.41, 5.74) is 0.652. The second-order valence-corrected chi connectivity index (χ2v) is 7.56. The lowest BCUT2D eigenvalue weighted by atomic mass is 9.85. The average Bonchev–Trinajstić information content (AvgIpc) is 3.25. The lowest BCUT2D eigenvalue weighted by Gasteiger charge is -2.37. The quantitative estimate of drug-likeness (QED) is 0.751. The van der Waals surface area contributed by atoms with Crippen molar-refractivity contribution in [3.63, 3.8) is 0 Å². The average molecular weight is 407 g/mol. The van der Waals surface area contributed by atoms with Crippen molar-refractivity contribution in [1.29, 1.82) is 0 Å². The van der Waals surface area contributed by atoms with Gasteiger partial charge in [-0.1, -0.05) is 22.4 Å². The van der Waals surface area contributed by atoms with Gasteiger partial charge in [0, 0.05) is 37.9 Å². The van der Waals surface area contributed by atoms with Crippen LogP contribution in [-0.4, -0.2) is 40.4 Å². The van der Waals surface area contributed by atoms with Crippen LogP contribution in [0.1, 0.15) is 52.2 Å². The highest BCUT2D eigenvalue weighted by atomic mass is 19.4. The monoisotopic (exact) mass is 407 g/mol. The summed E-state index contributed by atoms with van der Waals surface area (Å²) >= 11 is 0. The summed E-state index contributed by atoms with van der Waals surface area (Å²) in [6.07, 6.45) is -2.89. The van der Waals surface area contributed by atoms with Crippen LogP contribution < -0.4 is 0 Å². The van der Waals surface area contributed by atoms with E-state index in [4.69, 9.17) is 9.36 Å². The Hall–Kier alpha value is -2.84. The Labute approximate surface area is 165 Å². The van der Waals surface area contributed by atoms with Gasteiger partial charge in [0.15, 0.2) is 0 Å². The number of aryl methyl sites for hydroxylation is 2. The number of carbonyl (C=O) groups is 1. The summed E-state index contributed by atoms with van der Waals surface area (Å²) < 4.78 is 44.0. The molecule has 4 rings (SSSR count). The van der Waals surface area contributed by atoms with Crippen LogP contribution in [0.2, 0.25) is 0 Å². The Balaban J connectivity index is 1.43. The molecule has 0 saturated carbocycles. The summed E-state index contributed by atoms with van der Waals surface area (Å²) in [6.45, 7) is 4.36.